The number of esters is 1. The van der Waals surface area contributed by atoms with Gasteiger partial charge in [0.25, 0.3) is 0 Å². The fraction of sp³-hybridized carbons (Fsp3) is 0.923. The predicted molar refractivity (Wildman–Crippen MR) is 67.1 cm³/mol. The summed E-state index contributed by atoms with van der Waals surface area (Å²) in [7, 11) is 0. The number of hydrogen-bond donors (Lipinski definition) is 1. The van der Waals surface area contributed by atoms with E-state index < -0.39 is 0 Å². The molecular weight excluding hydrogens is 202 g/mol. The quantitative estimate of drug-likeness (QED) is 0.737. The lowest BCUT2D eigenvalue weighted by molar-refractivity contribution is -0.149. The molecule has 0 aliphatic heterocycles. The van der Waals surface area contributed by atoms with Gasteiger partial charge in [-0.05, 0) is 24.7 Å². The molecule has 2 unspecified atom stereocenters. The first-order valence-electron chi connectivity index (χ1n) is 6.08. The Kier molecular flexibility index (Phi) is 6.01. The van der Waals surface area contributed by atoms with Gasteiger partial charge >= 0.3 is 5.97 Å². The number of rotatable bonds is 5. The molecule has 0 spiro atoms. The Labute approximate surface area is 99.7 Å². The molecule has 2 atom stereocenters. The highest BCUT2D eigenvalue weighted by Gasteiger charge is 2.24. The van der Waals surface area contributed by atoms with Crippen LogP contribution >= 0.6 is 0 Å². The molecule has 0 aromatic heterocycles. The summed E-state index contributed by atoms with van der Waals surface area (Å²) in [6.07, 6.45) is 1.18. The van der Waals surface area contributed by atoms with Gasteiger partial charge in [-0.1, -0.05) is 34.6 Å². The zero-order valence-electron chi connectivity index (χ0n) is 11.5. The molecule has 0 bridgehead atoms. The van der Waals surface area contributed by atoms with Crippen molar-refractivity contribution in [1.82, 2.24) is 0 Å². The first-order valence-corrected chi connectivity index (χ1v) is 6.08. The molecule has 96 valence electrons. The normalized spacial score (nSPS) is 16.0. The highest BCUT2D eigenvalue weighted by molar-refractivity contribution is 5.70. The standard InChI is InChI=1S/C13H27NO2/c1-9(2)7-10(3)16-12(15)8-11(14)13(4,5)6/h9-11H,7-8,14H2,1-6H3. The van der Waals surface area contributed by atoms with E-state index in [1.165, 1.54) is 0 Å². The molecule has 0 saturated carbocycles. The van der Waals surface area contributed by atoms with Crippen molar-refractivity contribution in [3.05, 3.63) is 0 Å². The number of carbonyl (C=O) groups excluding carboxylic acids is 1. The molecule has 0 fully saturated rings. The van der Waals surface area contributed by atoms with E-state index >= 15 is 0 Å². The lowest BCUT2D eigenvalue weighted by Gasteiger charge is -2.26. The largest absolute Gasteiger partial charge is 0.463 e. The fourth-order valence-corrected chi connectivity index (χ4v) is 1.47. The molecule has 2 N–H and O–H groups in total. The van der Waals surface area contributed by atoms with Crippen molar-refractivity contribution in [3.8, 4) is 0 Å². The van der Waals surface area contributed by atoms with Crippen LogP contribution in [0.3, 0.4) is 0 Å². The molecule has 3 nitrogen and oxygen atoms in total. The zero-order valence-corrected chi connectivity index (χ0v) is 11.5. The molecule has 0 amide bonds. The minimum Gasteiger partial charge on any atom is -0.463 e. The Bertz CT molecular complexity index is 218. The third-order valence-electron chi connectivity index (χ3n) is 2.63. The summed E-state index contributed by atoms with van der Waals surface area (Å²) in [6, 6.07) is -0.147. The number of carbonyl (C=O) groups is 1. The second-order valence-electron chi connectivity index (χ2n) is 6.11. The second kappa shape index (κ2) is 6.24. The summed E-state index contributed by atoms with van der Waals surface area (Å²) in [5.41, 5.74) is 5.87. The Balaban J connectivity index is 4.00. The van der Waals surface area contributed by atoms with Crippen LogP contribution in [-0.4, -0.2) is 18.1 Å². The van der Waals surface area contributed by atoms with Crippen molar-refractivity contribution >= 4 is 5.97 Å². The molecule has 3 heteroatoms. The number of nitrogens with two attached hydrogens (primary N) is 1. The Morgan fingerprint density at radius 1 is 1.25 bits per heavy atom. The highest BCUT2D eigenvalue weighted by atomic mass is 16.5. The molecule has 0 rings (SSSR count). The molecule has 0 aromatic carbocycles. The van der Waals surface area contributed by atoms with E-state index in [2.05, 4.69) is 13.8 Å². The summed E-state index contributed by atoms with van der Waals surface area (Å²) in [4.78, 5) is 11.6. The molecule has 0 aliphatic carbocycles. The maximum atomic E-state index is 11.6. The van der Waals surface area contributed by atoms with Crippen molar-refractivity contribution in [2.45, 2.75) is 66.5 Å². The molecular formula is C13H27NO2. The summed E-state index contributed by atoms with van der Waals surface area (Å²) in [5.74, 6) is 0.356. The second-order valence-corrected chi connectivity index (χ2v) is 6.11. The molecule has 0 heterocycles. The molecule has 0 aliphatic rings. The summed E-state index contributed by atoms with van der Waals surface area (Å²) in [5, 5.41) is 0. The van der Waals surface area contributed by atoms with E-state index in [9.17, 15) is 4.79 Å². The monoisotopic (exact) mass is 229 g/mol. The smallest absolute Gasteiger partial charge is 0.307 e. The SMILES string of the molecule is CC(C)CC(C)OC(=O)CC(N)C(C)(C)C. The summed E-state index contributed by atoms with van der Waals surface area (Å²) in [6.45, 7) is 12.3. The van der Waals surface area contributed by atoms with Gasteiger partial charge < -0.3 is 10.5 Å². The molecule has 0 radical (unpaired) electrons. The van der Waals surface area contributed by atoms with Crippen LogP contribution in [0.4, 0.5) is 0 Å². The highest BCUT2D eigenvalue weighted by Crippen LogP contribution is 2.20. The van der Waals surface area contributed by atoms with Crippen LogP contribution in [0.15, 0.2) is 0 Å². The third kappa shape index (κ3) is 6.83. The van der Waals surface area contributed by atoms with E-state index in [4.69, 9.17) is 10.5 Å². The van der Waals surface area contributed by atoms with Crippen LogP contribution in [-0.2, 0) is 9.53 Å². The Hall–Kier alpha value is -0.570. The van der Waals surface area contributed by atoms with Crippen LogP contribution < -0.4 is 5.73 Å². The minimum absolute atomic E-state index is 0.0142. The molecule has 16 heavy (non-hydrogen) atoms. The van der Waals surface area contributed by atoms with Gasteiger partial charge in [0.1, 0.15) is 0 Å². The van der Waals surface area contributed by atoms with E-state index in [1.807, 2.05) is 27.7 Å². The van der Waals surface area contributed by atoms with Gasteiger partial charge in [-0.15, -0.1) is 0 Å². The van der Waals surface area contributed by atoms with Crippen LogP contribution in [0.5, 0.6) is 0 Å². The van der Waals surface area contributed by atoms with Gasteiger partial charge in [0.15, 0.2) is 0 Å². The van der Waals surface area contributed by atoms with E-state index in [1.54, 1.807) is 0 Å². The van der Waals surface area contributed by atoms with E-state index in [0.29, 0.717) is 12.3 Å². The van der Waals surface area contributed by atoms with Crippen LogP contribution in [0.25, 0.3) is 0 Å². The maximum Gasteiger partial charge on any atom is 0.307 e. The van der Waals surface area contributed by atoms with Gasteiger partial charge in [-0.3, -0.25) is 4.79 Å². The van der Waals surface area contributed by atoms with E-state index in [-0.39, 0.29) is 23.5 Å². The fourth-order valence-electron chi connectivity index (χ4n) is 1.47. The molecule has 0 saturated heterocycles. The van der Waals surface area contributed by atoms with Gasteiger partial charge in [0.05, 0.1) is 12.5 Å². The summed E-state index contributed by atoms with van der Waals surface area (Å²) >= 11 is 0. The van der Waals surface area contributed by atoms with Crippen molar-refractivity contribution in [3.63, 3.8) is 0 Å². The first-order chi connectivity index (χ1) is 7.12. The van der Waals surface area contributed by atoms with Gasteiger partial charge in [0, 0.05) is 6.04 Å². The van der Waals surface area contributed by atoms with Gasteiger partial charge in [0.2, 0.25) is 0 Å². The average molecular weight is 229 g/mol. The first kappa shape index (κ1) is 15.4. The van der Waals surface area contributed by atoms with Crippen molar-refractivity contribution in [2.75, 3.05) is 0 Å². The van der Waals surface area contributed by atoms with Crippen molar-refractivity contribution < 1.29 is 9.53 Å². The van der Waals surface area contributed by atoms with Crippen molar-refractivity contribution in [2.24, 2.45) is 17.1 Å². The average Bonchev–Trinajstić information content (AvgIpc) is 1.98. The predicted octanol–water partition coefficient (Wildman–Crippen LogP) is 2.73. The lowest BCUT2D eigenvalue weighted by Crippen LogP contribution is -2.37. The van der Waals surface area contributed by atoms with Crippen LogP contribution in [0.1, 0.15) is 54.4 Å². The van der Waals surface area contributed by atoms with Crippen LogP contribution in [0, 0.1) is 11.3 Å². The molecule has 0 aromatic rings. The number of hydrogen-bond acceptors (Lipinski definition) is 3. The Morgan fingerprint density at radius 3 is 2.12 bits per heavy atom. The maximum absolute atomic E-state index is 11.6. The number of ether oxygens (including phenoxy) is 1. The topological polar surface area (TPSA) is 52.3 Å². The Morgan fingerprint density at radius 2 is 1.75 bits per heavy atom. The van der Waals surface area contributed by atoms with Crippen molar-refractivity contribution in [1.29, 1.82) is 0 Å². The van der Waals surface area contributed by atoms with Gasteiger partial charge in [-0.25, -0.2) is 0 Å². The zero-order chi connectivity index (χ0) is 12.9. The van der Waals surface area contributed by atoms with Crippen LogP contribution in [0.2, 0.25) is 0 Å². The minimum atomic E-state index is -0.185. The van der Waals surface area contributed by atoms with E-state index in [0.717, 1.165) is 6.42 Å². The summed E-state index contributed by atoms with van der Waals surface area (Å²) < 4.78 is 5.31. The van der Waals surface area contributed by atoms with Gasteiger partial charge in [-0.2, -0.15) is 0 Å². The lowest BCUT2D eigenvalue weighted by atomic mass is 9.85. The third-order valence-corrected chi connectivity index (χ3v) is 2.63.